The van der Waals surface area contributed by atoms with Crippen LogP contribution >= 0.6 is 0 Å². The van der Waals surface area contributed by atoms with E-state index < -0.39 is 22.9 Å². The van der Waals surface area contributed by atoms with Crippen LogP contribution in [0.25, 0.3) is 0 Å². The minimum Gasteiger partial charge on any atom is -0.342 e. The van der Waals surface area contributed by atoms with Crippen molar-refractivity contribution in [2.45, 2.75) is 105 Å². The fraction of sp³-hybridized carbons (Fsp3) is 0.656. The van der Waals surface area contributed by atoms with E-state index in [1.165, 1.54) is 0 Å². The standard InChI is InChI=1S/C32H52N4O3/c1-21(2)25(20-22(3)29(38)36-19-15-16-23(36)4)35(11)30(39)27(31(5,6)7)34-28(37)26(33-10)32(8,9)24-17-13-12-14-18-24/h12-14,17-18,20-21,23,25-27,33H,15-16,19H2,1-11H3,(H,34,37)/b22-20+/t23-,25-,26-,27-/m1/s1. The first-order chi connectivity index (χ1) is 18.0. The monoisotopic (exact) mass is 540 g/mol. The summed E-state index contributed by atoms with van der Waals surface area (Å²) >= 11 is 0. The van der Waals surface area contributed by atoms with Gasteiger partial charge in [0.2, 0.25) is 17.7 Å². The van der Waals surface area contributed by atoms with Gasteiger partial charge in [0.15, 0.2) is 0 Å². The fourth-order valence-corrected chi connectivity index (χ4v) is 5.62. The summed E-state index contributed by atoms with van der Waals surface area (Å²) in [5, 5.41) is 6.28. The molecule has 218 valence electrons. The van der Waals surface area contributed by atoms with Gasteiger partial charge in [0.05, 0.1) is 12.1 Å². The minimum atomic E-state index is -0.748. The summed E-state index contributed by atoms with van der Waals surface area (Å²) in [6, 6.07) is 8.57. The number of likely N-dealkylation sites (tertiary alicyclic amines) is 1. The predicted molar refractivity (Wildman–Crippen MR) is 159 cm³/mol. The zero-order chi connectivity index (χ0) is 29.7. The number of likely N-dealkylation sites (N-methyl/N-ethyl adjacent to an activating group) is 2. The molecule has 0 unspecified atom stereocenters. The molecule has 0 spiro atoms. The van der Waals surface area contributed by atoms with Gasteiger partial charge in [0.25, 0.3) is 0 Å². The molecule has 0 aromatic heterocycles. The normalized spacial score (nSPS) is 19.0. The van der Waals surface area contributed by atoms with Crippen molar-refractivity contribution in [3.63, 3.8) is 0 Å². The van der Waals surface area contributed by atoms with Crippen molar-refractivity contribution >= 4 is 17.7 Å². The van der Waals surface area contributed by atoms with Crippen molar-refractivity contribution in [2.75, 3.05) is 20.6 Å². The molecule has 2 N–H and O–H groups in total. The summed E-state index contributed by atoms with van der Waals surface area (Å²) in [6.45, 7) is 18.7. The van der Waals surface area contributed by atoms with E-state index in [1.807, 2.05) is 96.7 Å². The van der Waals surface area contributed by atoms with Crippen LogP contribution in [0.2, 0.25) is 0 Å². The van der Waals surface area contributed by atoms with Gasteiger partial charge in [-0.15, -0.1) is 0 Å². The predicted octanol–water partition coefficient (Wildman–Crippen LogP) is 4.52. The Balaban J connectivity index is 2.32. The van der Waals surface area contributed by atoms with Crippen LogP contribution in [0.15, 0.2) is 42.0 Å². The Bertz CT molecular complexity index is 1030. The van der Waals surface area contributed by atoms with Gasteiger partial charge in [0, 0.05) is 30.6 Å². The summed E-state index contributed by atoms with van der Waals surface area (Å²) in [5.41, 5.74) is 0.647. The molecule has 2 rings (SSSR count). The summed E-state index contributed by atoms with van der Waals surface area (Å²) in [4.78, 5) is 44.5. The van der Waals surface area contributed by atoms with E-state index in [0.717, 1.165) is 24.9 Å². The number of benzene rings is 1. The van der Waals surface area contributed by atoms with Crippen LogP contribution in [0.3, 0.4) is 0 Å². The van der Waals surface area contributed by atoms with Crippen LogP contribution < -0.4 is 10.6 Å². The van der Waals surface area contributed by atoms with Crippen molar-refractivity contribution in [1.29, 1.82) is 0 Å². The first-order valence-corrected chi connectivity index (χ1v) is 14.3. The highest BCUT2D eigenvalue weighted by atomic mass is 16.2. The maximum absolute atomic E-state index is 14.0. The SMILES string of the molecule is CN[C@H](C(=O)N[C@H](C(=O)N(C)[C@H](/C=C(\C)C(=O)N1CCC[C@H]1C)C(C)C)C(C)(C)C)C(C)(C)c1ccccc1. The first kappa shape index (κ1) is 32.5. The topological polar surface area (TPSA) is 81.8 Å². The molecule has 1 aliphatic rings. The van der Waals surface area contributed by atoms with Crippen LogP contribution in [0.1, 0.15) is 80.7 Å². The average molecular weight is 541 g/mol. The lowest BCUT2D eigenvalue weighted by molar-refractivity contribution is -0.141. The van der Waals surface area contributed by atoms with Gasteiger partial charge in [-0.05, 0) is 50.6 Å². The van der Waals surface area contributed by atoms with Crippen molar-refractivity contribution in [3.05, 3.63) is 47.5 Å². The lowest BCUT2D eigenvalue weighted by atomic mass is 9.76. The third-order valence-electron chi connectivity index (χ3n) is 8.24. The van der Waals surface area contributed by atoms with E-state index in [-0.39, 0.29) is 35.7 Å². The molecular weight excluding hydrogens is 488 g/mol. The van der Waals surface area contributed by atoms with Gasteiger partial charge in [-0.25, -0.2) is 0 Å². The lowest BCUT2D eigenvalue weighted by Gasteiger charge is -2.40. The Morgan fingerprint density at radius 3 is 2.10 bits per heavy atom. The van der Waals surface area contributed by atoms with Crippen LogP contribution in [0.4, 0.5) is 0 Å². The lowest BCUT2D eigenvalue weighted by Crippen LogP contribution is -2.61. The van der Waals surface area contributed by atoms with E-state index in [9.17, 15) is 14.4 Å². The molecule has 0 aliphatic carbocycles. The Kier molecular flexibility index (Phi) is 10.9. The third kappa shape index (κ3) is 7.71. The molecule has 7 heteroatoms. The molecule has 1 aromatic carbocycles. The van der Waals surface area contributed by atoms with Crippen LogP contribution in [-0.4, -0.2) is 72.3 Å². The summed E-state index contributed by atoms with van der Waals surface area (Å²) in [5.74, 6) is -0.282. The second-order valence-corrected chi connectivity index (χ2v) is 13.1. The molecule has 1 fully saturated rings. The van der Waals surface area contributed by atoms with Gasteiger partial charge < -0.3 is 20.4 Å². The van der Waals surface area contributed by atoms with Crippen molar-refractivity contribution in [3.8, 4) is 0 Å². The second kappa shape index (κ2) is 13.1. The molecule has 4 atom stereocenters. The van der Waals surface area contributed by atoms with Gasteiger partial charge in [-0.1, -0.05) is 84.9 Å². The average Bonchev–Trinajstić information content (AvgIpc) is 3.29. The maximum Gasteiger partial charge on any atom is 0.249 e. The molecule has 1 saturated heterocycles. The van der Waals surface area contributed by atoms with E-state index in [2.05, 4.69) is 17.6 Å². The quantitative estimate of drug-likeness (QED) is 0.428. The molecule has 0 saturated carbocycles. The van der Waals surface area contributed by atoms with E-state index in [1.54, 1.807) is 19.0 Å². The Labute approximate surface area is 236 Å². The molecule has 3 amide bonds. The van der Waals surface area contributed by atoms with Crippen molar-refractivity contribution < 1.29 is 14.4 Å². The largest absolute Gasteiger partial charge is 0.342 e. The number of hydrogen-bond donors (Lipinski definition) is 2. The molecule has 0 bridgehead atoms. The zero-order valence-corrected chi connectivity index (χ0v) is 26.1. The highest BCUT2D eigenvalue weighted by Gasteiger charge is 2.41. The molecule has 39 heavy (non-hydrogen) atoms. The van der Waals surface area contributed by atoms with Crippen LogP contribution in [0, 0.1) is 11.3 Å². The molecule has 1 heterocycles. The molecular formula is C32H52N4O3. The maximum atomic E-state index is 14.0. The highest BCUT2D eigenvalue weighted by Crippen LogP contribution is 2.29. The number of carbonyl (C=O) groups excluding carboxylic acids is 3. The Morgan fingerprint density at radius 2 is 1.64 bits per heavy atom. The fourth-order valence-electron chi connectivity index (χ4n) is 5.62. The minimum absolute atomic E-state index is 0.0344. The van der Waals surface area contributed by atoms with E-state index >= 15 is 0 Å². The molecule has 0 radical (unpaired) electrons. The smallest absolute Gasteiger partial charge is 0.249 e. The summed E-state index contributed by atoms with van der Waals surface area (Å²) in [7, 11) is 3.55. The number of carbonyl (C=O) groups is 3. The Hall–Kier alpha value is -2.67. The molecule has 7 nitrogen and oxygen atoms in total. The van der Waals surface area contributed by atoms with Crippen LogP contribution in [0.5, 0.6) is 0 Å². The first-order valence-electron chi connectivity index (χ1n) is 14.3. The van der Waals surface area contributed by atoms with Gasteiger partial charge in [0.1, 0.15) is 6.04 Å². The number of hydrogen-bond acceptors (Lipinski definition) is 4. The van der Waals surface area contributed by atoms with Crippen LogP contribution in [-0.2, 0) is 19.8 Å². The summed E-state index contributed by atoms with van der Waals surface area (Å²) < 4.78 is 0. The van der Waals surface area contributed by atoms with Gasteiger partial charge >= 0.3 is 0 Å². The van der Waals surface area contributed by atoms with Crippen molar-refractivity contribution in [2.24, 2.45) is 11.3 Å². The highest BCUT2D eigenvalue weighted by molar-refractivity contribution is 5.94. The third-order valence-corrected chi connectivity index (χ3v) is 8.24. The van der Waals surface area contributed by atoms with E-state index in [0.29, 0.717) is 5.57 Å². The zero-order valence-electron chi connectivity index (χ0n) is 26.1. The molecule has 1 aromatic rings. The number of amides is 3. The summed E-state index contributed by atoms with van der Waals surface area (Å²) in [6.07, 6.45) is 3.97. The van der Waals surface area contributed by atoms with E-state index in [4.69, 9.17) is 0 Å². The molecule has 1 aliphatic heterocycles. The number of nitrogens with zero attached hydrogens (tertiary/aromatic N) is 2. The van der Waals surface area contributed by atoms with Gasteiger partial charge in [-0.2, -0.15) is 0 Å². The second-order valence-electron chi connectivity index (χ2n) is 13.1. The van der Waals surface area contributed by atoms with Crippen molar-refractivity contribution in [1.82, 2.24) is 20.4 Å². The Morgan fingerprint density at radius 1 is 1.05 bits per heavy atom. The number of nitrogens with one attached hydrogen (secondary N) is 2. The number of rotatable bonds is 10. The van der Waals surface area contributed by atoms with Gasteiger partial charge in [-0.3, -0.25) is 14.4 Å².